The third-order valence-corrected chi connectivity index (χ3v) is 3.95. The minimum Gasteiger partial charge on any atom is -0.394 e. The van der Waals surface area contributed by atoms with Crippen LogP contribution in [0, 0.1) is 11.6 Å². The zero-order valence-corrected chi connectivity index (χ0v) is 12.2. The third kappa shape index (κ3) is 2.82. The fourth-order valence-electron chi connectivity index (χ4n) is 2.68. The van der Waals surface area contributed by atoms with Crippen LogP contribution < -0.4 is 5.73 Å². The molecule has 4 N–H and O–H groups in total. The van der Waals surface area contributed by atoms with Gasteiger partial charge in [0.05, 0.1) is 12.3 Å². The van der Waals surface area contributed by atoms with Crippen molar-refractivity contribution in [2.45, 2.75) is 19.0 Å². The van der Waals surface area contributed by atoms with E-state index in [-0.39, 0.29) is 12.5 Å². The van der Waals surface area contributed by atoms with Gasteiger partial charge in [-0.05, 0) is 18.2 Å². The number of aromatic amines is 1. The summed E-state index contributed by atoms with van der Waals surface area (Å²) in [7, 11) is 0. The molecule has 122 valence electrons. The summed E-state index contributed by atoms with van der Waals surface area (Å²) in [5.41, 5.74) is 8.09. The van der Waals surface area contributed by atoms with Crippen LogP contribution in [0.25, 0.3) is 11.3 Å². The molecule has 3 rings (SSSR count). The van der Waals surface area contributed by atoms with Crippen molar-refractivity contribution in [2.24, 2.45) is 5.73 Å². The summed E-state index contributed by atoms with van der Waals surface area (Å²) in [6, 6.07) is 2.59. The standard InChI is InChI=1S/C15H16F2N4O2/c16-10-2-1-8(5-11(10)17)14-9-6-21(15(23)12(18)7-22)4-3-13(9)19-20-14/h1-2,5,12,22H,3-4,6-7,18H2,(H,19,20)/t12-/m1/s1. The quantitative estimate of drug-likeness (QED) is 0.769. The van der Waals surface area contributed by atoms with Crippen molar-refractivity contribution in [3.63, 3.8) is 0 Å². The molecule has 0 fully saturated rings. The molecule has 1 atom stereocenters. The minimum absolute atomic E-state index is 0.257. The maximum atomic E-state index is 13.4. The third-order valence-electron chi connectivity index (χ3n) is 3.95. The van der Waals surface area contributed by atoms with Crippen molar-refractivity contribution >= 4 is 5.91 Å². The lowest BCUT2D eigenvalue weighted by atomic mass is 10.0. The van der Waals surface area contributed by atoms with Gasteiger partial charge in [-0.3, -0.25) is 9.89 Å². The molecule has 6 nitrogen and oxygen atoms in total. The van der Waals surface area contributed by atoms with Crippen LogP contribution in [0.2, 0.25) is 0 Å². The monoisotopic (exact) mass is 322 g/mol. The highest BCUT2D eigenvalue weighted by Gasteiger charge is 2.28. The number of aliphatic hydroxyl groups excluding tert-OH is 1. The second kappa shape index (κ2) is 6.05. The SMILES string of the molecule is N[C@H](CO)C(=O)N1CCc2[nH]nc(-c3ccc(F)c(F)c3)c2C1. The Morgan fingerprint density at radius 3 is 2.91 bits per heavy atom. The summed E-state index contributed by atoms with van der Waals surface area (Å²) in [6.07, 6.45) is 0.551. The Labute approximate surface area is 130 Å². The van der Waals surface area contributed by atoms with Crippen molar-refractivity contribution in [1.29, 1.82) is 0 Å². The van der Waals surface area contributed by atoms with Crippen LogP contribution in [0.3, 0.4) is 0 Å². The minimum atomic E-state index is -0.963. The highest BCUT2D eigenvalue weighted by atomic mass is 19.2. The Bertz CT molecular complexity index is 747. The van der Waals surface area contributed by atoms with Gasteiger partial charge in [0, 0.05) is 36.3 Å². The van der Waals surface area contributed by atoms with E-state index in [0.717, 1.165) is 23.4 Å². The number of hydrogen-bond acceptors (Lipinski definition) is 4. The van der Waals surface area contributed by atoms with Crippen LogP contribution in [0.15, 0.2) is 18.2 Å². The van der Waals surface area contributed by atoms with Gasteiger partial charge in [0.25, 0.3) is 0 Å². The summed E-state index contributed by atoms with van der Waals surface area (Å²) in [4.78, 5) is 13.6. The molecule has 1 aromatic heterocycles. The van der Waals surface area contributed by atoms with E-state index in [2.05, 4.69) is 10.2 Å². The lowest BCUT2D eigenvalue weighted by Gasteiger charge is -2.29. The Hall–Kier alpha value is -2.32. The summed E-state index contributed by atoms with van der Waals surface area (Å²) in [6.45, 7) is 0.287. The fourth-order valence-corrected chi connectivity index (χ4v) is 2.68. The van der Waals surface area contributed by atoms with E-state index in [1.807, 2.05) is 0 Å². The molecule has 0 bridgehead atoms. The highest BCUT2D eigenvalue weighted by molar-refractivity contribution is 5.82. The number of amides is 1. The number of nitrogens with two attached hydrogens (primary N) is 1. The number of aliphatic hydroxyl groups is 1. The second-order valence-electron chi connectivity index (χ2n) is 5.46. The number of fused-ring (bicyclic) bond motifs is 1. The molecule has 0 spiro atoms. The normalized spacial score (nSPS) is 15.4. The number of H-pyrrole nitrogens is 1. The van der Waals surface area contributed by atoms with E-state index in [1.165, 1.54) is 11.0 Å². The van der Waals surface area contributed by atoms with Crippen LogP contribution in [-0.2, 0) is 17.8 Å². The van der Waals surface area contributed by atoms with Crippen LogP contribution in [-0.4, -0.2) is 45.3 Å². The number of nitrogens with one attached hydrogen (secondary N) is 1. The number of carbonyl (C=O) groups is 1. The molecule has 1 amide bonds. The van der Waals surface area contributed by atoms with E-state index in [4.69, 9.17) is 10.8 Å². The molecule has 0 radical (unpaired) electrons. The number of rotatable bonds is 3. The predicted octanol–water partition coefficient (Wildman–Crippen LogP) is 0.559. The first-order valence-corrected chi connectivity index (χ1v) is 7.18. The van der Waals surface area contributed by atoms with Gasteiger partial charge in [0.2, 0.25) is 5.91 Å². The number of aromatic nitrogens is 2. The van der Waals surface area contributed by atoms with Gasteiger partial charge in [-0.1, -0.05) is 0 Å². The largest absolute Gasteiger partial charge is 0.394 e. The molecular formula is C15H16F2N4O2. The van der Waals surface area contributed by atoms with Crippen molar-refractivity contribution in [3.8, 4) is 11.3 Å². The maximum absolute atomic E-state index is 13.4. The summed E-state index contributed by atoms with van der Waals surface area (Å²) in [5.74, 6) is -2.23. The average Bonchev–Trinajstić information content (AvgIpc) is 2.99. The molecule has 1 aliphatic rings. The Morgan fingerprint density at radius 2 is 2.22 bits per heavy atom. The van der Waals surface area contributed by atoms with Crippen molar-refractivity contribution in [2.75, 3.05) is 13.2 Å². The number of carbonyl (C=O) groups excluding carboxylic acids is 1. The lowest BCUT2D eigenvalue weighted by Crippen LogP contribution is -2.47. The van der Waals surface area contributed by atoms with E-state index in [0.29, 0.717) is 24.2 Å². The topological polar surface area (TPSA) is 95.2 Å². The van der Waals surface area contributed by atoms with E-state index < -0.39 is 24.3 Å². The van der Waals surface area contributed by atoms with Crippen LogP contribution in [0.5, 0.6) is 0 Å². The first kappa shape index (κ1) is 15.6. The average molecular weight is 322 g/mol. The van der Waals surface area contributed by atoms with Crippen molar-refractivity contribution in [3.05, 3.63) is 41.1 Å². The van der Waals surface area contributed by atoms with Crippen LogP contribution >= 0.6 is 0 Å². The first-order valence-electron chi connectivity index (χ1n) is 7.18. The second-order valence-corrected chi connectivity index (χ2v) is 5.46. The molecule has 1 aliphatic heterocycles. The summed E-state index contributed by atoms with van der Waals surface area (Å²) in [5, 5.41) is 16.1. The van der Waals surface area contributed by atoms with E-state index in [9.17, 15) is 13.6 Å². The molecule has 8 heteroatoms. The lowest BCUT2D eigenvalue weighted by molar-refractivity contribution is -0.134. The van der Waals surface area contributed by atoms with Crippen LogP contribution in [0.1, 0.15) is 11.3 Å². The Balaban J connectivity index is 1.92. The van der Waals surface area contributed by atoms with Crippen molar-refractivity contribution in [1.82, 2.24) is 15.1 Å². The molecule has 0 aliphatic carbocycles. The number of nitrogens with zero attached hydrogens (tertiary/aromatic N) is 2. The Kier molecular flexibility index (Phi) is 4.10. The number of benzene rings is 1. The highest BCUT2D eigenvalue weighted by Crippen LogP contribution is 2.29. The molecule has 0 saturated heterocycles. The molecule has 23 heavy (non-hydrogen) atoms. The van der Waals surface area contributed by atoms with Gasteiger partial charge in [0.15, 0.2) is 11.6 Å². The molecular weight excluding hydrogens is 306 g/mol. The molecule has 0 unspecified atom stereocenters. The Morgan fingerprint density at radius 1 is 1.43 bits per heavy atom. The summed E-state index contributed by atoms with van der Waals surface area (Å²) >= 11 is 0. The fraction of sp³-hybridized carbons (Fsp3) is 0.333. The number of halogens is 2. The number of hydrogen-bond donors (Lipinski definition) is 3. The van der Waals surface area contributed by atoms with Gasteiger partial charge in [0.1, 0.15) is 6.04 Å². The van der Waals surface area contributed by atoms with Gasteiger partial charge in [-0.2, -0.15) is 5.10 Å². The van der Waals surface area contributed by atoms with Gasteiger partial charge in [-0.25, -0.2) is 8.78 Å². The molecule has 2 heterocycles. The summed E-state index contributed by atoms with van der Waals surface area (Å²) < 4.78 is 26.5. The van der Waals surface area contributed by atoms with E-state index in [1.54, 1.807) is 0 Å². The molecule has 0 saturated carbocycles. The zero-order valence-electron chi connectivity index (χ0n) is 12.2. The predicted molar refractivity (Wildman–Crippen MR) is 78.1 cm³/mol. The smallest absolute Gasteiger partial charge is 0.242 e. The van der Waals surface area contributed by atoms with Crippen LogP contribution in [0.4, 0.5) is 8.78 Å². The van der Waals surface area contributed by atoms with Gasteiger partial charge < -0.3 is 15.7 Å². The molecule has 2 aromatic rings. The maximum Gasteiger partial charge on any atom is 0.242 e. The van der Waals surface area contributed by atoms with E-state index >= 15 is 0 Å². The van der Waals surface area contributed by atoms with Gasteiger partial charge >= 0.3 is 0 Å². The van der Waals surface area contributed by atoms with Crippen molar-refractivity contribution < 1.29 is 18.7 Å². The van der Waals surface area contributed by atoms with Gasteiger partial charge in [-0.15, -0.1) is 0 Å². The first-order chi connectivity index (χ1) is 11.0. The molecule has 1 aromatic carbocycles. The zero-order chi connectivity index (χ0) is 16.6.